The van der Waals surface area contributed by atoms with E-state index in [4.69, 9.17) is 0 Å². The van der Waals surface area contributed by atoms with E-state index in [1.807, 2.05) is 0 Å². The first-order valence-electron chi connectivity index (χ1n) is 8.15. The first-order chi connectivity index (χ1) is 9.61. The van der Waals surface area contributed by atoms with Crippen molar-refractivity contribution in [3.05, 3.63) is 35.4 Å². The third-order valence-corrected chi connectivity index (χ3v) is 4.95. The number of nitrogens with zero attached hydrogens (tertiary/aromatic N) is 1. The molecule has 1 heterocycles. The average Bonchev–Trinajstić information content (AvgIpc) is 2.47. The molecule has 1 aromatic rings. The summed E-state index contributed by atoms with van der Waals surface area (Å²) in [7, 11) is 0. The summed E-state index contributed by atoms with van der Waals surface area (Å²) in [5.74, 6) is 0.823. The van der Waals surface area contributed by atoms with Crippen LogP contribution in [0.15, 0.2) is 24.3 Å². The van der Waals surface area contributed by atoms with Gasteiger partial charge in [0.15, 0.2) is 0 Å². The topological polar surface area (TPSA) is 15.3 Å². The number of likely N-dealkylation sites (tertiary alicyclic amines) is 1. The second kappa shape index (κ2) is 7.24. The van der Waals surface area contributed by atoms with Crippen LogP contribution in [0.1, 0.15) is 50.8 Å². The maximum absolute atomic E-state index is 3.82. The molecule has 2 rings (SSSR count). The number of hydrogen-bond acceptors (Lipinski definition) is 2. The number of piperidine rings is 1. The summed E-state index contributed by atoms with van der Waals surface area (Å²) >= 11 is 0. The van der Waals surface area contributed by atoms with Crippen molar-refractivity contribution < 1.29 is 0 Å². The van der Waals surface area contributed by atoms with Gasteiger partial charge >= 0.3 is 0 Å². The van der Waals surface area contributed by atoms with E-state index in [0.717, 1.165) is 5.92 Å². The first-order valence-corrected chi connectivity index (χ1v) is 8.15. The summed E-state index contributed by atoms with van der Waals surface area (Å²) in [5, 5.41) is 3.82. The monoisotopic (exact) mass is 274 g/mol. The van der Waals surface area contributed by atoms with Crippen LogP contribution in [0.2, 0.25) is 0 Å². The molecule has 1 aliphatic rings. The Morgan fingerprint density at radius 1 is 1.20 bits per heavy atom. The number of aryl methyl sites for hydroxylation is 1. The van der Waals surface area contributed by atoms with Crippen molar-refractivity contribution in [2.45, 2.75) is 52.6 Å². The third-order valence-electron chi connectivity index (χ3n) is 4.95. The molecule has 2 heteroatoms. The highest BCUT2D eigenvalue weighted by Crippen LogP contribution is 2.24. The van der Waals surface area contributed by atoms with Gasteiger partial charge in [0.2, 0.25) is 0 Å². The molecule has 0 radical (unpaired) electrons. The Bertz CT molecular complexity index is 408. The fraction of sp³-hybridized carbons (Fsp3) is 0.667. The van der Waals surface area contributed by atoms with Gasteiger partial charge in [-0.05, 0) is 70.3 Å². The predicted molar refractivity (Wildman–Crippen MR) is 87.0 cm³/mol. The number of rotatable bonds is 5. The molecule has 0 aromatic heterocycles. The van der Waals surface area contributed by atoms with Crippen LogP contribution in [-0.4, -0.2) is 30.6 Å². The number of nitrogens with one attached hydrogen (secondary N) is 1. The summed E-state index contributed by atoms with van der Waals surface area (Å²) in [6, 6.07) is 9.76. The molecule has 2 nitrogen and oxygen atoms in total. The van der Waals surface area contributed by atoms with E-state index < -0.39 is 0 Å². The van der Waals surface area contributed by atoms with E-state index >= 15 is 0 Å². The molecule has 0 bridgehead atoms. The van der Waals surface area contributed by atoms with Crippen molar-refractivity contribution in [1.82, 2.24) is 10.2 Å². The average molecular weight is 274 g/mol. The van der Waals surface area contributed by atoms with Crippen LogP contribution < -0.4 is 5.32 Å². The Kier molecular flexibility index (Phi) is 5.62. The molecule has 1 unspecified atom stereocenters. The molecule has 0 saturated carbocycles. The zero-order valence-corrected chi connectivity index (χ0v) is 13.5. The summed E-state index contributed by atoms with van der Waals surface area (Å²) in [6.45, 7) is 12.9. The SMILES string of the molecule is CCN1CCC(C(C)N[C@H](C)c2ccccc2C)CC1. The normalized spacial score (nSPS) is 20.8. The second-order valence-corrected chi connectivity index (χ2v) is 6.31. The fourth-order valence-corrected chi connectivity index (χ4v) is 3.46. The second-order valence-electron chi connectivity index (χ2n) is 6.31. The van der Waals surface area contributed by atoms with Gasteiger partial charge in [-0.2, -0.15) is 0 Å². The van der Waals surface area contributed by atoms with E-state index in [0.29, 0.717) is 12.1 Å². The van der Waals surface area contributed by atoms with Crippen molar-refractivity contribution in [2.24, 2.45) is 5.92 Å². The van der Waals surface area contributed by atoms with E-state index in [1.54, 1.807) is 0 Å². The highest BCUT2D eigenvalue weighted by Gasteiger charge is 2.24. The van der Waals surface area contributed by atoms with Crippen LogP contribution in [0.4, 0.5) is 0 Å². The smallest absolute Gasteiger partial charge is 0.0296 e. The summed E-state index contributed by atoms with van der Waals surface area (Å²) in [5.41, 5.74) is 2.82. The molecule has 112 valence electrons. The van der Waals surface area contributed by atoms with Crippen LogP contribution >= 0.6 is 0 Å². The molecule has 0 aliphatic carbocycles. The summed E-state index contributed by atoms with van der Waals surface area (Å²) < 4.78 is 0. The fourth-order valence-electron chi connectivity index (χ4n) is 3.46. The Balaban J connectivity index is 1.88. The molecule has 1 fully saturated rings. The van der Waals surface area contributed by atoms with Gasteiger partial charge in [0.05, 0.1) is 0 Å². The minimum absolute atomic E-state index is 0.440. The predicted octanol–water partition coefficient (Wildman–Crippen LogP) is 3.77. The molecular weight excluding hydrogens is 244 g/mol. The van der Waals surface area contributed by atoms with Crippen LogP contribution in [-0.2, 0) is 0 Å². The molecule has 2 atom stereocenters. The Hall–Kier alpha value is -0.860. The van der Waals surface area contributed by atoms with Crippen molar-refractivity contribution in [3.63, 3.8) is 0 Å². The molecule has 1 aromatic carbocycles. The molecular formula is C18H30N2. The van der Waals surface area contributed by atoms with Gasteiger partial charge in [0.25, 0.3) is 0 Å². The summed E-state index contributed by atoms with van der Waals surface area (Å²) in [6.07, 6.45) is 2.67. The van der Waals surface area contributed by atoms with E-state index in [-0.39, 0.29) is 0 Å². The van der Waals surface area contributed by atoms with Crippen LogP contribution in [0.3, 0.4) is 0 Å². The Labute approximate surface area is 124 Å². The van der Waals surface area contributed by atoms with Gasteiger partial charge in [-0.3, -0.25) is 0 Å². The van der Waals surface area contributed by atoms with Gasteiger partial charge in [-0.1, -0.05) is 31.2 Å². The number of benzene rings is 1. The largest absolute Gasteiger partial charge is 0.307 e. The van der Waals surface area contributed by atoms with Gasteiger partial charge in [0, 0.05) is 12.1 Å². The Morgan fingerprint density at radius 2 is 1.85 bits per heavy atom. The number of hydrogen-bond donors (Lipinski definition) is 1. The third kappa shape index (κ3) is 3.83. The van der Waals surface area contributed by atoms with E-state index in [1.165, 1.54) is 43.6 Å². The van der Waals surface area contributed by atoms with Gasteiger partial charge < -0.3 is 10.2 Å². The molecule has 1 aliphatic heterocycles. The lowest BCUT2D eigenvalue weighted by Crippen LogP contribution is -2.42. The van der Waals surface area contributed by atoms with Gasteiger partial charge in [-0.15, -0.1) is 0 Å². The lowest BCUT2D eigenvalue weighted by Gasteiger charge is -2.36. The van der Waals surface area contributed by atoms with Crippen molar-refractivity contribution in [2.75, 3.05) is 19.6 Å². The lowest BCUT2D eigenvalue weighted by atomic mass is 9.89. The van der Waals surface area contributed by atoms with Crippen LogP contribution in [0.25, 0.3) is 0 Å². The lowest BCUT2D eigenvalue weighted by molar-refractivity contribution is 0.165. The molecule has 0 amide bonds. The van der Waals surface area contributed by atoms with Crippen molar-refractivity contribution >= 4 is 0 Å². The molecule has 1 saturated heterocycles. The highest BCUT2D eigenvalue weighted by atomic mass is 15.1. The quantitative estimate of drug-likeness (QED) is 0.879. The van der Waals surface area contributed by atoms with E-state index in [9.17, 15) is 0 Å². The maximum Gasteiger partial charge on any atom is 0.0296 e. The molecule has 0 spiro atoms. The minimum Gasteiger partial charge on any atom is -0.307 e. The summed E-state index contributed by atoms with van der Waals surface area (Å²) in [4.78, 5) is 2.56. The van der Waals surface area contributed by atoms with E-state index in [2.05, 4.69) is 62.2 Å². The molecule has 20 heavy (non-hydrogen) atoms. The van der Waals surface area contributed by atoms with Gasteiger partial charge in [0.1, 0.15) is 0 Å². The Morgan fingerprint density at radius 3 is 2.45 bits per heavy atom. The highest BCUT2D eigenvalue weighted by molar-refractivity contribution is 5.28. The standard InChI is InChI=1S/C18H30N2/c1-5-20-12-10-17(11-13-20)15(3)19-16(4)18-9-7-6-8-14(18)2/h6-9,15-17,19H,5,10-13H2,1-4H3/t15?,16-/m1/s1. The van der Waals surface area contributed by atoms with Crippen molar-refractivity contribution in [3.8, 4) is 0 Å². The van der Waals surface area contributed by atoms with Gasteiger partial charge in [-0.25, -0.2) is 0 Å². The van der Waals surface area contributed by atoms with Crippen LogP contribution in [0.5, 0.6) is 0 Å². The first kappa shape index (κ1) is 15.5. The van der Waals surface area contributed by atoms with Crippen LogP contribution in [0, 0.1) is 12.8 Å². The zero-order valence-electron chi connectivity index (χ0n) is 13.5. The minimum atomic E-state index is 0.440. The zero-order chi connectivity index (χ0) is 14.5. The van der Waals surface area contributed by atoms with Crippen molar-refractivity contribution in [1.29, 1.82) is 0 Å². The molecule has 1 N–H and O–H groups in total. The maximum atomic E-state index is 3.82.